The third kappa shape index (κ3) is 4.37. The van der Waals surface area contributed by atoms with Gasteiger partial charge in [-0.25, -0.2) is 0 Å². The number of rotatable bonds is 2. The summed E-state index contributed by atoms with van der Waals surface area (Å²) in [5.41, 5.74) is -0.558. The van der Waals surface area contributed by atoms with E-state index in [1.165, 1.54) is 12.1 Å². The van der Waals surface area contributed by atoms with Crippen molar-refractivity contribution in [3.8, 4) is 5.75 Å². The zero-order valence-corrected chi connectivity index (χ0v) is 12.7. The van der Waals surface area contributed by atoms with E-state index in [1.54, 1.807) is 0 Å². The van der Waals surface area contributed by atoms with Gasteiger partial charge < -0.3 is 4.74 Å². The van der Waals surface area contributed by atoms with Crippen molar-refractivity contribution in [1.82, 2.24) is 4.90 Å². The van der Waals surface area contributed by atoms with Crippen LogP contribution in [0.5, 0.6) is 5.75 Å². The van der Waals surface area contributed by atoms with E-state index in [0.717, 1.165) is 38.1 Å². The highest BCUT2D eigenvalue weighted by molar-refractivity contribution is 5.29. The maximum Gasteiger partial charge on any atom is 0.416 e. The van der Waals surface area contributed by atoms with Crippen LogP contribution < -0.4 is 4.74 Å². The summed E-state index contributed by atoms with van der Waals surface area (Å²) in [6.07, 6.45) is -2.28. The van der Waals surface area contributed by atoms with E-state index in [1.807, 2.05) is 0 Å². The molecule has 0 spiro atoms. The predicted molar refractivity (Wildman–Crippen MR) is 76.4 cm³/mol. The van der Waals surface area contributed by atoms with E-state index in [0.29, 0.717) is 5.75 Å². The minimum absolute atomic E-state index is 0.0368. The lowest BCUT2D eigenvalue weighted by Gasteiger charge is -2.41. The molecule has 0 N–H and O–H groups in total. The quantitative estimate of drug-likeness (QED) is 0.805. The zero-order chi connectivity index (χ0) is 15.7. The van der Waals surface area contributed by atoms with E-state index < -0.39 is 11.7 Å². The number of halogens is 3. The average Bonchev–Trinajstić information content (AvgIpc) is 2.37. The first-order valence-corrected chi connectivity index (χ1v) is 7.25. The number of hydrogen-bond acceptors (Lipinski definition) is 2. The highest BCUT2D eigenvalue weighted by Crippen LogP contribution is 2.31. The van der Waals surface area contributed by atoms with Crippen molar-refractivity contribution in [3.63, 3.8) is 0 Å². The maximum atomic E-state index is 12.5. The van der Waals surface area contributed by atoms with Crippen molar-refractivity contribution in [3.05, 3.63) is 29.8 Å². The van der Waals surface area contributed by atoms with E-state index >= 15 is 0 Å². The molecule has 1 saturated heterocycles. The van der Waals surface area contributed by atoms with Gasteiger partial charge in [-0.05, 0) is 64.4 Å². The molecule has 1 unspecified atom stereocenters. The maximum absolute atomic E-state index is 12.5. The molecule has 1 aromatic carbocycles. The Morgan fingerprint density at radius 3 is 2.24 bits per heavy atom. The molecular formula is C16H22F3NO. The van der Waals surface area contributed by atoms with Gasteiger partial charge in [0.25, 0.3) is 0 Å². The van der Waals surface area contributed by atoms with Crippen molar-refractivity contribution < 1.29 is 17.9 Å². The number of ether oxygens (including phenoxy) is 1. The second-order valence-electron chi connectivity index (χ2n) is 6.52. The molecule has 5 heteroatoms. The molecule has 0 bridgehead atoms. The van der Waals surface area contributed by atoms with Crippen LogP contribution in [0.4, 0.5) is 13.2 Å². The predicted octanol–water partition coefficient (Wildman–Crippen LogP) is 4.35. The largest absolute Gasteiger partial charge is 0.489 e. The molecule has 1 aliphatic rings. The molecule has 118 valence electrons. The average molecular weight is 301 g/mol. The normalized spacial score (nSPS) is 21.3. The van der Waals surface area contributed by atoms with Crippen molar-refractivity contribution in [2.24, 2.45) is 0 Å². The molecule has 21 heavy (non-hydrogen) atoms. The first kappa shape index (κ1) is 16.1. The molecule has 2 nitrogen and oxygen atoms in total. The lowest BCUT2D eigenvalue weighted by molar-refractivity contribution is -0.137. The van der Waals surface area contributed by atoms with E-state index in [-0.39, 0.29) is 11.6 Å². The molecule has 2 rings (SSSR count). The molecule has 0 saturated carbocycles. The van der Waals surface area contributed by atoms with Gasteiger partial charge in [0.2, 0.25) is 0 Å². The summed E-state index contributed by atoms with van der Waals surface area (Å²) in [5, 5.41) is 0. The van der Waals surface area contributed by atoms with Gasteiger partial charge in [0.05, 0.1) is 5.56 Å². The van der Waals surface area contributed by atoms with Crippen LogP contribution in [0.3, 0.4) is 0 Å². The second-order valence-corrected chi connectivity index (χ2v) is 6.52. The Bertz CT molecular complexity index is 462. The first-order chi connectivity index (χ1) is 9.66. The molecule has 1 aromatic rings. The van der Waals surface area contributed by atoms with Crippen LogP contribution in [0.2, 0.25) is 0 Å². The molecule has 0 aliphatic carbocycles. The van der Waals surface area contributed by atoms with Gasteiger partial charge in [-0.3, -0.25) is 4.90 Å². The molecule has 1 heterocycles. The number of likely N-dealkylation sites (tertiary alicyclic amines) is 1. The van der Waals surface area contributed by atoms with Gasteiger partial charge in [0.15, 0.2) is 0 Å². The van der Waals surface area contributed by atoms with Crippen LogP contribution in [0.15, 0.2) is 24.3 Å². The molecule has 0 radical (unpaired) electrons. The third-order valence-corrected chi connectivity index (χ3v) is 3.81. The van der Waals surface area contributed by atoms with Crippen molar-refractivity contribution in [2.45, 2.75) is 51.4 Å². The van der Waals surface area contributed by atoms with Gasteiger partial charge in [-0.15, -0.1) is 0 Å². The molecule has 0 aromatic heterocycles. The summed E-state index contributed by atoms with van der Waals surface area (Å²) in [6, 6.07) is 4.94. The van der Waals surface area contributed by atoms with E-state index in [9.17, 15) is 13.2 Å². The number of alkyl halides is 3. The van der Waals surface area contributed by atoms with Gasteiger partial charge in [0.1, 0.15) is 11.9 Å². The van der Waals surface area contributed by atoms with E-state index in [4.69, 9.17) is 4.74 Å². The summed E-state index contributed by atoms with van der Waals surface area (Å²) in [7, 11) is 0. The minimum Gasteiger partial charge on any atom is -0.489 e. The van der Waals surface area contributed by atoms with Crippen LogP contribution >= 0.6 is 0 Å². The molecule has 1 atom stereocenters. The Kier molecular flexibility index (Phi) is 4.51. The second kappa shape index (κ2) is 5.87. The van der Waals surface area contributed by atoms with Crippen LogP contribution in [0.25, 0.3) is 0 Å². The van der Waals surface area contributed by atoms with Crippen LogP contribution in [-0.2, 0) is 6.18 Å². The molecular weight excluding hydrogens is 279 g/mol. The molecule has 1 fully saturated rings. The summed E-state index contributed by atoms with van der Waals surface area (Å²) >= 11 is 0. The number of nitrogens with zero attached hydrogens (tertiary/aromatic N) is 1. The minimum atomic E-state index is -4.30. The lowest BCUT2D eigenvalue weighted by Crippen LogP contribution is -2.50. The van der Waals surface area contributed by atoms with Gasteiger partial charge in [-0.2, -0.15) is 13.2 Å². The Morgan fingerprint density at radius 1 is 1.10 bits per heavy atom. The topological polar surface area (TPSA) is 12.5 Å². The lowest BCUT2D eigenvalue weighted by atomic mass is 9.99. The fraction of sp³-hybridized carbons (Fsp3) is 0.625. The summed E-state index contributed by atoms with van der Waals surface area (Å²) in [4.78, 5) is 2.35. The number of piperidine rings is 1. The highest BCUT2D eigenvalue weighted by atomic mass is 19.4. The van der Waals surface area contributed by atoms with Gasteiger partial charge in [-0.1, -0.05) is 0 Å². The van der Waals surface area contributed by atoms with Gasteiger partial charge in [0, 0.05) is 12.1 Å². The first-order valence-electron chi connectivity index (χ1n) is 7.25. The van der Waals surface area contributed by atoms with Crippen LogP contribution in [-0.4, -0.2) is 29.6 Å². The fourth-order valence-corrected chi connectivity index (χ4v) is 2.56. The summed E-state index contributed by atoms with van der Waals surface area (Å²) in [5.74, 6) is 0.503. The Morgan fingerprint density at radius 2 is 1.71 bits per heavy atom. The van der Waals surface area contributed by atoms with Crippen molar-refractivity contribution in [1.29, 1.82) is 0 Å². The van der Waals surface area contributed by atoms with Gasteiger partial charge >= 0.3 is 6.18 Å². The zero-order valence-electron chi connectivity index (χ0n) is 12.7. The Hall–Kier alpha value is -1.23. The molecule has 1 aliphatic heterocycles. The molecule has 0 amide bonds. The monoisotopic (exact) mass is 301 g/mol. The SMILES string of the molecule is CC(C)(C)N1CCCC(Oc2ccc(C(F)(F)F)cc2)C1. The van der Waals surface area contributed by atoms with Crippen LogP contribution in [0, 0.1) is 0 Å². The highest BCUT2D eigenvalue weighted by Gasteiger charge is 2.31. The Balaban J connectivity index is 1.98. The number of benzene rings is 1. The third-order valence-electron chi connectivity index (χ3n) is 3.81. The Labute approximate surface area is 123 Å². The fourth-order valence-electron chi connectivity index (χ4n) is 2.56. The smallest absolute Gasteiger partial charge is 0.416 e. The number of hydrogen-bond donors (Lipinski definition) is 0. The van der Waals surface area contributed by atoms with E-state index in [2.05, 4.69) is 25.7 Å². The van der Waals surface area contributed by atoms with Crippen LogP contribution in [0.1, 0.15) is 39.2 Å². The van der Waals surface area contributed by atoms with Crippen molar-refractivity contribution >= 4 is 0 Å². The summed E-state index contributed by atoms with van der Waals surface area (Å²) in [6.45, 7) is 8.33. The standard InChI is InChI=1S/C16H22F3NO/c1-15(2,3)20-10-4-5-14(11-20)21-13-8-6-12(7-9-13)16(17,18)19/h6-9,14H,4-5,10-11H2,1-3H3. The summed E-state index contributed by atoms with van der Waals surface area (Å²) < 4.78 is 43.4. The van der Waals surface area contributed by atoms with Crippen molar-refractivity contribution in [2.75, 3.05) is 13.1 Å².